The number of nitrogens with two attached hydrogens (primary N) is 1. The van der Waals surface area contributed by atoms with Gasteiger partial charge in [0.15, 0.2) is 0 Å². The normalized spacial score (nSPS) is 9.73. The summed E-state index contributed by atoms with van der Waals surface area (Å²) in [6.45, 7) is 2.99. The minimum absolute atomic E-state index is 0.169. The van der Waals surface area contributed by atoms with Crippen LogP contribution in [0.1, 0.15) is 6.92 Å². The molecule has 0 aliphatic carbocycles. The van der Waals surface area contributed by atoms with Crippen molar-refractivity contribution in [3.8, 4) is 0 Å². The van der Waals surface area contributed by atoms with Crippen LogP contribution in [0.5, 0.6) is 0 Å². The zero-order chi connectivity index (χ0) is 11.3. The highest BCUT2D eigenvalue weighted by atomic mass is 16.1. The number of anilines is 2. The molecule has 0 aliphatic heterocycles. The average Bonchev–Trinajstić information content (AvgIpc) is 2.17. The highest BCUT2D eigenvalue weighted by molar-refractivity contribution is 5.79. The number of primary amides is 1. The number of hydrogen-bond donors (Lipinski definition) is 2. The monoisotopic (exact) mass is 208 g/mol. The van der Waals surface area contributed by atoms with Gasteiger partial charge in [-0.1, -0.05) is 6.07 Å². The summed E-state index contributed by atoms with van der Waals surface area (Å²) in [5, 5.41) is 3.10. The molecule has 3 N–H and O–H groups in total. The standard InChI is InChI=1S/C10H16N4O/c1-3-12-9-5-4-6-10(13-9)14(2)7-8(11)15/h4-6H,3,7H2,1-2H3,(H2,11,15)(H,12,13). The number of pyridine rings is 1. The molecule has 0 saturated carbocycles. The Bertz CT molecular complexity index is 340. The summed E-state index contributed by atoms with van der Waals surface area (Å²) in [7, 11) is 1.78. The maximum atomic E-state index is 10.7. The van der Waals surface area contributed by atoms with E-state index in [0.29, 0.717) is 0 Å². The van der Waals surface area contributed by atoms with E-state index in [1.54, 1.807) is 11.9 Å². The first kappa shape index (κ1) is 11.3. The van der Waals surface area contributed by atoms with Gasteiger partial charge in [0, 0.05) is 13.6 Å². The highest BCUT2D eigenvalue weighted by Crippen LogP contribution is 2.12. The smallest absolute Gasteiger partial charge is 0.236 e. The molecule has 5 nitrogen and oxygen atoms in total. The van der Waals surface area contributed by atoms with Crippen molar-refractivity contribution in [2.45, 2.75) is 6.92 Å². The molecule has 0 atom stereocenters. The number of nitrogens with one attached hydrogen (secondary N) is 1. The van der Waals surface area contributed by atoms with Crippen LogP contribution in [-0.4, -0.2) is 31.0 Å². The quantitative estimate of drug-likeness (QED) is 0.736. The minimum Gasteiger partial charge on any atom is -0.370 e. The largest absolute Gasteiger partial charge is 0.370 e. The van der Waals surface area contributed by atoms with Crippen molar-refractivity contribution in [3.63, 3.8) is 0 Å². The Hall–Kier alpha value is -1.78. The lowest BCUT2D eigenvalue weighted by atomic mass is 10.4. The van der Waals surface area contributed by atoms with Gasteiger partial charge in [0.1, 0.15) is 11.6 Å². The fraction of sp³-hybridized carbons (Fsp3) is 0.400. The molecule has 1 rings (SSSR count). The van der Waals surface area contributed by atoms with Crippen molar-refractivity contribution in [3.05, 3.63) is 18.2 Å². The molecule has 15 heavy (non-hydrogen) atoms. The van der Waals surface area contributed by atoms with Crippen molar-refractivity contribution < 1.29 is 4.79 Å². The molecule has 0 fully saturated rings. The highest BCUT2D eigenvalue weighted by Gasteiger charge is 2.05. The lowest BCUT2D eigenvalue weighted by Crippen LogP contribution is -2.31. The molecule has 0 spiro atoms. The first-order valence-electron chi connectivity index (χ1n) is 4.84. The van der Waals surface area contributed by atoms with Crippen molar-refractivity contribution in [2.75, 3.05) is 30.4 Å². The topological polar surface area (TPSA) is 71.2 Å². The van der Waals surface area contributed by atoms with Crippen molar-refractivity contribution in [1.82, 2.24) is 4.98 Å². The lowest BCUT2D eigenvalue weighted by molar-refractivity contribution is -0.116. The Morgan fingerprint density at radius 3 is 2.93 bits per heavy atom. The third-order valence-electron chi connectivity index (χ3n) is 1.88. The predicted octanol–water partition coefficient (Wildman–Crippen LogP) is 0.435. The Morgan fingerprint density at radius 2 is 2.33 bits per heavy atom. The van der Waals surface area contributed by atoms with Gasteiger partial charge in [0.05, 0.1) is 6.54 Å². The van der Waals surface area contributed by atoms with Crippen LogP contribution in [-0.2, 0) is 4.79 Å². The molecule has 1 amide bonds. The Balaban J connectivity index is 2.75. The average molecular weight is 208 g/mol. The van der Waals surface area contributed by atoms with E-state index in [-0.39, 0.29) is 12.5 Å². The van der Waals surface area contributed by atoms with Gasteiger partial charge in [0.25, 0.3) is 0 Å². The van der Waals surface area contributed by atoms with Gasteiger partial charge in [-0.15, -0.1) is 0 Å². The van der Waals surface area contributed by atoms with E-state index in [2.05, 4.69) is 10.3 Å². The molecule has 1 aromatic heterocycles. The molecular formula is C10H16N4O. The Kier molecular flexibility index (Phi) is 3.91. The fourth-order valence-electron chi connectivity index (χ4n) is 1.23. The van der Waals surface area contributed by atoms with Gasteiger partial charge in [-0.2, -0.15) is 0 Å². The van der Waals surface area contributed by atoms with Crippen LogP contribution < -0.4 is 16.0 Å². The maximum Gasteiger partial charge on any atom is 0.236 e. The van der Waals surface area contributed by atoms with Gasteiger partial charge >= 0.3 is 0 Å². The number of rotatable bonds is 5. The summed E-state index contributed by atoms with van der Waals surface area (Å²) in [5.41, 5.74) is 5.10. The Morgan fingerprint density at radius 1 is 1.60 bits per heavy atom. The molecule has 1 heterocycles. The first-order valence-corrected chi connectivity index (χ1v) is 4.84. The van der Waals surface area contributed by atoms with Gasteiger partial charge in [-0.3, -0.25) is 4.79 Å². The number of nitrogens with zero attached hydrogens (tertiary/aromatic N) is 2. The molecule has 82 valence electrons. The first-order chi connectivity index (χ1) is 7.13. The summed E-state index contributed by atoms with van der Waals surface area (Å²) in [4.78, 5) is 16.8. The fourth-order valence-corrected chi connectivity index (χ4v) is 1.23. The molecule has 1 aromatic rings. The SMILES string of the molecule is CCNc1cccc(N(C)CC(N)=O)n1. The number of carbonyl (C=O) groups is 1. The zero-order valence-electron chi connectivity index (χ0n) is 9.03. The number of amides is 1. The van der Waals surface area contributed by atoms with Gasteiger partial charge in [-0.05, 0) is 19.1 Å². The molecule has 0 aliphatic rings. The number of aromatic nitrogens is 1. The van der Waals surface area contributed by atoms with Crippen LogP contribution >= 0.6 is 0 Å². The molecular weight excluding hydrogens is 192 g/mol. The van der Waals surface area contributed by atoms with Crippen molar-refractivity contribution in [1.29, 1.82) is 0 Å². The summed E-state index contributed by atoms with van der Waals surface area (Å²) in [5.74, 6) is 1.16. The van der Waals surface area contributed by atoms with E-state index in [0.717, 1.165) is 18.2 Å². The van der Waals surface area contributed by atoms with Crippen molar-refractivity contribution in [2.24, 2.45) is 5.73 Å². The molecule has 5 heteroatoms. The van der Waals surface area contributed by atoms with E-state index < -0.39 is 0 Å². The van der Waals surface area contributed by atoms with Crippen LogP contribution in [0.25, 0.3) is 0 Å². The molecule has 0 aromatic carbocycles. The summed E-state index contributed by atoms with van der Waals surface area (Å²) in [6, 6.07) is 5.60. The Labute approximate surface area is 89.3 Å². The van der Waals surface area contributed by atoms with Crippen molar-refractivity contribution >= 4 is 17.5 Å². The third-order valence-corrected chi connectivity index (χ3v) is 1.88. The zero-order valence-corrected chi connectivity index (χ0v) is 9.03. The van der Waals surface area contributed by atoms with Crippen LogP contribution in [0.4, 0.5) is 11.6 Å². The van der Waals surface area contributed by atoms with E-state index in [1.807, 2.05) is 25.1 Å². The van der Waals surface area contributed by atoms with Gasteiger partial charge in [-0.25, -0.2) is 4.98 Å². The number of carbonyl (C=O) groups excluding carboxylic acids is 1. The van der Waals surface area contributed by atoms with Crippen LogP contribution in [0, 0.1) is 0 Å². The summed E-state index contributed by atoms with van der Waals surface area (Å²) >= 11 is 0. The predicted molar refractivity (Wildman–Crippen MR) is 60.9 cm³/mol. The second-order valence-corrected chi connectivity index (χ2v) is 3.23. The second kappa shape index (κ2) is 5.19. The number of hydrogen-bond acceptors (Lipinski definition) is 4. The van der Waals surface area contributed by atoms with E-state index in [9.17, 15) is 4.79 Å². The van der Waals surface area contributed by atoms with E-state index >= 15 is 0 Å². The minimum atomic E-state index is -0.367. The molecule has 0 bridgehead atoms. The second-order valence-electron chi connectivity index (χ2n) is 3.23. The number of likely N-dealkylation sites (N-methyl/N-ethyl adjacent to an activating group) is 1. The molecule has 0 radical (unpaired) electrons. The van der Waals surface area contributed by atoms with Gasteiger partial charge in [0.2, 0.25) is 5.91 Å². The molecule has 0 unspecified atom stereocenters. The van der Waals surface area contributed by atoms with Gasteiger partial charge < -0.3 is 16.0 Å². The molecule has 0 saturated heterocycles. The third kappa shape index (κ3) is 3.46. The summed E-state index contributed by atoms with van der Waals surface area (Å²) < 4.78 is 0. The lowest BCUT2D eigenvalue weighted by Gasteiger charge is -2.16. The maximum absolute atomic E-state index is 10.7. The van der Waals surface area contributed by atoms with Crippen LogP contribution in [0.3, 0.4) is 0 Å². The summed E-state index contributed by atoms with van der Waals surface area (Å²) in [6.07, 6.45) is 0. The van der Waals surface area contributed by atoms with Crippen LogP contribution in [0.2, 0.25) is 0 Å². The van der Waals surface area contributed by atoms with E-state index in [4.69, 9.17) is 5.73 Å². The van der Waals surface area contributed by atoms with E-state index in [1.165, 1.54) is 0 Å². The van der Waals surface area contributed by atoms with Crippen LogP contribution in [0.15, 0.2) is 18.2 Å².